The molecule has 13 nitrogen and oxygen atoms in total. The number of aliphatic imine (C=N–C) groups is 3. The highest BCUT2D eigenvalue weighted by Gasteiger charge is 2.42. The molecule has 0 aromatic rings. The summed E-state index contributed by atoms with van der Waals surface area (Å²) in [5.74, 6) is -7.97. The molecule has 0 aromatic carbocycles. The van der Waals surface area contributed by atoms with Gasteiger partial charge in [-0.3, -0.25) is 4.79 Å². The third-order valence-electron chi connectivity index (χ3n) is 1.70. The van der Waals surface area contributed by atoms with Crippen LogP contribution in [0, 0.1) is 0 Å². The van der Waals surface area contributed by atoms with Crippen LogP contribution in [-0.2, 0) is 9.53 Å². The average molecular weight is 305 g/mol. The molecule has 0 atom stereocenters. The van der Waals surface area contributed by atoms with Crippen molar-refractivity contribution in [2.75, 3.05) is 0 Å². The number of carbonyl (C=O) groups excluding carboxylic acids is 1. The zero-order chi connectivity index (χ0) is 16.8. The Morgan fingerprint density at radius 2 is 1.29 bits per heavy atom. The molecule has 0 aromatic heterocycles. The van der Waals surface area contributed by atoms with Crippen molar-refractivity contribution < 1.29 is 19.7 Å². The predicted octanol–water partition coefficient (Wildman–Crippen LogP) is -4.95. The second-order valence-corrected chi connectivity index (χ2v) is 3.90. The number of ether oxygens (including phenoxy) is 1. The second-order valence-electron chi connectivity index (χ2n) is 3.90. The quantitative estimate of drug-likeness (QED) is 0.100. The Morgan fingerprint density at radius 1 is 0.952 bits per heavy atom. The van der Waals surface area contributed by atoms with Gasteiger partial charge in [-0.2, -0.15) is 0 Å². The van der Waals surface area contributed by atoms with Gasteiger partial charge < -0.3 is 49.4 Å². The minimum atomic E-state index is -3.04. The first kappa shape index (κ1) is 18.2. The van der Waals surface area contributed by atoms with Gasteiger partial charge in [0.05, 0.1) is 0 Å². The summed E-state index contributed by atoms with van der Waals surface area (Å²) in [6.07, 6.45) is -0.979. The number of hydrogen-bond donors (Lipinski definition) is 8. The minimum absolute atomic E-state index is 0.566. The van der Waals surface area contributed by atoms with E-state index in [2.05, 4.69) is 19.7 Å². The first-order valence-corrected chi connectivity index (χ1v) is 5.34. The number of nitrogens with two attached hydrogens (primary N) is 6. The molecule has 0 heterocycles. The summed E-state index contributed by atoms with van der Waals surface area (Å²) in [4.78, 5) is 21.5. The van der Waals surface area contributed by atoms with Gasteiger partial charge in [-0.1, -0.05) is 0 Å². The Labute approximate surface area is 119 Å². The molecule has 0 rings (SSSR count). The summed E-state index contributed by atoms with van der Waals surface area (Å²) in [5, 5.41) is 19.2. The molecule has 0 aliphatic carbocycles. The number of carbonyl (C=O) groups is 1. The average Bonchev–Trinajstić information content (AvgIpc) is 2.07. The van der Waals surface area contributed by atoms with Crippen molar-refractivity contribution in [1.29, 1.82) is 0 Å². The molecular weight excluding hydrogens is 286 g/mol. The van der Waals surface area contributed by atoms with Crippen molar-refractivity contribution >= 4 is 23.8 Å². The van der Waals surface area contributed by atoms with Gasteiger partial charge in [0.1, 0.15) is 6.42 Å². The van der Waals surface area contributed by atoms with Crippen molar-refractivity contribution in [2.45, 2.75) is 25.1 Å². The van der Waals surface area contributed by atoms with Gasteiger partial charge in [0.15, 0.2) is 17.9 Å². The van der Waals surface area contributed by atoms with Crippen LogP contribution < -0.4 is 34.4 Å². The molecule has 0 aliphatic heterocycles. The predicted molar refractivity (Wildman–Crippen MR) is 73.7 cm³/mol. The molecule has 0 amide bonds. The van der Waals surface area contributed by atoms with Gasteiger partial charge in [-0.25, -0.2) is 15.0 Å². The van der Waals surface area contributed by atoms with Gasteiger partial charge in [0.25, 0.3) is 5.79 Å². The van der Waals surface area contributed by atoms with E-state index in [-0.39, 0.29) is 0 Å². The van der Waals surface area contributed by atoms with E-state index >= 15 is 0 Å². The lowest BCUT2D eigenvalue weighted by molar-refractivity contribution is -0.326. The van der Waals surface area contributed by atoms with Crippen LogP contribution in [0.3, 0.4) is 0 Å². The van der Waals surface area contributed by atoms with Gasteiger partial charge in [0, 0.05) is 6.92 Å². The Hall–Kier alpha value is -2.80. The molecule has 120 valence electrons. The van der Waals surface area contributed by atoms with E-state index in [4.69, 9.17) is 34.4 Å². The summed E-state index contributed by atoms with van der Waals surface area (Å²) in [5.41, 5.74) is 31.2. The molecule has 14 N–H and O–H groups in total. The van der Waals surface area contributed by atoms with Crippen molar-refractivity contribution in [3.8, 4) is 0 Å². The largest absolute Gasteiger partial charge is 0.408 e. The fourth-order valence-electron chi connectivity index (χ4n) is 1.39. The number of guanidine groups is 3. The topological polar surface area (TPSA) is 260 Å². The van der Waals surface area contributed by atoms with E-state index in [1.165, 1.54) is 0 Å². The maximum absolute atomic E-state index is 10.8. The van der Waals surface area contributed by atoms with E-state index in [1.807, 2.05) is 0 Å². The van der Waals surface area contributed by atoms with E-state index in [0.717, 1.165) is 6.92 Å². The summed E-state index contributed by atoms with van der Waals surface area (Å²) in [6, 6.07) is 0. The van der Waals surface area contributed by atoms with Crippen molar-refractivity contribution in [3.63, 3.8) is 0 Å². The summed E-state index contributed by atoms with van der Waals surface area (Å²) < 4.78 is 4.26. The number of aliphatic hydroxyl groups is 2. The molecule has 0 aliphatic rings. The SMILES string of the molecule is CC(=O)OC(O)(O)CC(N=C(N)N)(N=C(N)N)N=C(N)N. The van der Waals surface area contributed by atoms with Gasteiger partial charge in [-0.05, 0) is 0 Å². The zero-order valence-electron chi connectivity index (χ0n) is 11.2. The van der Waals surface area contributed by atoms with Crippen LogP contribution in [0.4, 0.5) is 0 Å². The molecule has 0 saturated heterocycles. The van der Waals surface area contributed by atoms with Crippen LogP contribution >= 0.6 is 0 Å². The fourth-order valence-corrected chi connectivity index (χ4v) is 1.39. The molecule has 0 unspecified atom stereocenters. The Balaban J connectivity index is 5.89. The van der Waals surface area contributed by atoms with Crippen LogP contribution in [0.25, 0.3) is 0 Å². The molecule has 13 heteroatoms. The Bertz CT molecular complexity index is 427. The third-order valence-corrected chi connectivity index (χ3v) is 1.70. The van der Waals surface area contributed by atoms with E-state index in [0.29, 0.717) is 0 Å². The maximum Gasteiger partial charge on any atom is 0.330 e. The summed E-state index contributed by atoms with van der Waals surface area (Å²) in [6.45, 7) is 0.935. The number of nitrogens with zero attached hydrogens (tertiary/aromatic N) is 3. The Morgan fingerprint density at radius 3 is 1.52 bits per heavy atom. The van der Waals surface area contributed by atoms with Crippen LogP contribution in [0.2, 0.25) is 0 Å². The molecule has 0 radical (unpaired) electrons. The van der Waals surface area contributed by atoms with Crippen LogP contribution in [0.15, 0.2) is 15.0 Å². The fraction of sp³-hybridized carbons (Fsp3) is 0.500. The lowest BCUT2D eigenvalue weighted by Crippen LogP contribution is -2.46. The lowest BCUT2D eigenvalue weighted by atomic mass is 10.2. The highest BCUT2D eigenvalue weighted by molar-refractivity contribution is 5.80. The highest BCUT2D eigenvalue weighted by Crippen LogP contribution is 2.27. The summed E-state index contributed by atoms with van der Waals surface area (Å²) in [7, 11) is 0. The first-order valence-electron chi connectivity index (χ1n) is 5.34. The maximum atomic E-state index is 10.8. The molecule has 0 spiro atoms. The van der Waals surface area contributed by atoms with Crippen molar-refractivity contribution in [2.24, 2.45) is 49.4 Å². The second kappa shape index (κ2) is 6.58. The van der Waals surface area contributed by atoms with Crippen LogP contribution in [0.5, 0.6) is 0 Å². The zero-order valence-corrected chi connectivity index (χ0v) is 11.2. The van der Waals surface area contributed by atoms with E-state index < -0.39 is 42.0 Å². The van der Waals surface area contributed by atoms with E-state index in [9.17, 15) is 15.0 Å². The number of rotatable bonds is 6. The monoisotopic (exact) mass is 305 g/mol. The normalized spacial score (nSPS) is 11.2. The van der Waals surface area contributed by atoms with Crippen molar-refractivity contribution in [1.82, 2.24) is 0 Å². The van der Waals surface area contributed by atoms with Crippen molar-refractivity contribution in [3.05, 3.63) is 0 Å². The van der Waals surface area contributed by atoms with Gasteiger partial charge in [0.2, 0.25) is 0 Å². The number of esters is 1. The first-order chi connectivity index (χ1) is 9.37. The van der Waals surface area contributed by atoms with Crippen LogP contribution in [0.1, 0.15) is 13.3 Å². The minimum Gasteiger partial charge on any atom is -0.408 e. The highest BCUT2D eigenvalue weighted by atomic mass is 16.8. The van der Waals surface area contributed by atoms with Gasteiger partial charge in [-0.15, -0.1) is 0 Å². The Kier molecular flexibility index (Phi) is 5.70. The third kappa shape index (κ3) is 7.38. The molecule has 0 fully saturated rings. The van der Waals surface area contributed by atoms with Crippen LogP contribution in [-0.4, -0.2) is 45.8 Å². The lowest BCUT2D eigenvalue weighted by Gasteiger charge is -2.28. The molecular formula is C8H19N9O4. The standard InChI is InChI=1S/C8H19N9O4/c1-3(18)21-8(19,20)2-7(15-4(9)10,16-5(11)12)17-6(13)14/h19-20H,2H2,1H3,(H4,9,10,15)(H4,11,12,16)(H4,13,14,17). The summed E-state index contributed by atoms with van der Waals surface area (Å²) >= 11 is 0. The van der Waals surface area contributed by atoms with E-state index in [1.54, 1.807) is 0 Å². The number of hydrogen-bond acceptors (Lipinski definition) is 7. The molecule has 0 bridgehead atoms. The van der Waals surface area contributed by atoms with Gasteiger partial charge >= 0.3 is 11.9 Å². The molecule has 0 saturated carbocycles. The smallest absolute Gasteiger partial charge is 0.330 e. The molecule has 21 heavy (non-hydrogen) atoms.